The van der Waals surface area contributed by atoms with Gasteiger partial charge in [0.05, 0.1) is 19.8 Å². The number of hydrogen-bond acceptors (Lipinski definition) is 9. The monoisotopic (exact) mass is 690 g/mol. The minimum absolute atomic E-state index is 0.275. The van der Waals surface area contributed by atoms with E-state index in [1.165, 1.54) is 0 Å². The van der Waals surface area contributed by atoms with Crippen LogP contribution in [0.15, 0.2) is 87.5 Å². The molecule has 14 heteroatoms. The molecule has 0 aliphatic carbocycles. The van der Waals surface area contributed by atoms with E-state index < -0.39 is 32.4 Å². The van der Waals surface area contributed by atoms with Crippen LogP contribution in [0.5, 0.6) is 17.2 Å². The molecule has 0 heterocycles. The van der Waals surface area contributed by atoms with Crippen molar-refractivity contribution in [2.24, 2.45) is 0 Å². The Morgan fingerprint density at radius 1 is 0.522 bits per heavy atom. The van der Waals surface area contributed by atoms with E-state index in [0.29, 0.717) is 71.6 Å². The van der Waals surface area contributed by atoms with E-state index >= 15 is 0 Å². The van der Waals surface area contributed by atoms with Crippen molar-refractivity contribution in [1.29, 1.82) is 0 Å². The first kappa shape index (κ1) is 37.4. The normalized spacial score (nSPS) is 12.6. The molecule has 0 radical (unpaired) electrons. The Balaban J connectivity index is 2.12. The predicted octanol–water partition coefficient (Wildman–Crippen LogP) is 7.04. The Morgan fingerprint density at radius 2 is 0.826 bits per heavy atom. The average Bonchev–Trinajstić information content (AvgIpc) is 3.02. The summed E-state index contributed by atoms with van der Waals surface area (Å²) in [4.78, 5) is 0.973. The zero-order valence-electron chi connectivity index (χ0n) is 26.1. The minimum atomic E-state index is -5.16. The van der Waals surface area contributed by atoms with Gasteiger partial charge < -0.3 is 28.4 Å². The molecule has 3 aromatic carbocycles. The van der Waals surface area contributed by atoms with Gasteiger partial charge in [0.15, 0.2) is 5.75 Å². The maximum atomic E-state index is 13.5. The van der Waals surface area contributed by atoms with Crippen molar-refractivity contribution in [2.45, 2.75) is 41.6 Å². The molecule has 0 amide bonds. The summed E-state index contributed by atoms with van der Waals surface area (Å²) >= 11 is 0. The van der Waals surface area contributed by atoms with Gasteiger partial charge in [-0.3, -0.25) is 0 Å². The van der Waals surface area contributed by atoms with Crippen LogP contribution in [-0.4, -0.2) is 79.8 Å². The number of ether oxygens (including phenoxy) is 6. The van der Waals surface area contributed by atoms with Crippen molar-refractivity contribution < 1.29 is 53.6 Å². The van der Waals surface area contributed by atoms with E-state index in [4.69, 9.17) is 32.1 Å². The van der Waals surface area contributed by atoms with E-state index in [1.54, 1.807) is 72.8 Å². The van der Waals surface area contributed by atoms with Gasteiger partial charge in [-0.25, -0.2) is 3.63 Å². The third-order valence-corrected chi connectivity index (χ3v) is 11.2. The molecule has 256 valence electrons. The maximum Gasteiger partial charge on any atom is 0.405 e. The summed E-state index contributed by atoms with van der Waals surface area (Å²) in [5, 5.41) is 0. The molecule has 0 aliphatic heterocycles. The molecule has 0 spiro atoms. The molecular weight excluding hydrogens is 649 g/mol. The topological polar surface area (TPSA) is 98.8 Å². The number of rotatable bonds is 21. The third-order valence-electron chi connectivity index (χ3n) is 6.11. The fraction of sp³-hybridized carbons (Fsp3) is 0.438. The number of halogens is 3. The summed E-state index contributed by atoms with van der Waals surface area (Å²) in [6, 6.07) is 19.2. The molecule has 0 fully saturated rings. The molecule has 0 aromatic heterocycles. The number of hydrogen-bond donors (Lipinski definition) is 0. The Hall–Kier alpha value is -3.01. The first-order valence-electron chi connectivity index (χ1n) is 14.8. The summed E-state index contributed by atoms with van der Waals surface area (Å²) in [5.41, 5.74) is 0. The molecule has 46 heavy (non-hydrogen) atoms. The van der Waals surface area contributed by atoms with Crippen molar-refractivity contribution in [3.8, 4) is 17.2 Å². The van der Waals surface area contributed by atoms with Crippen LogP contribution in [0.1, 0.15) is 20.8 Å². The van der Waals surface area contributed by atoms with Gasteiger partial charge in [0.25, 0.3) is 10.1 Å². The van der Waals surface area contributed by atoms with Gasteiger partial charge in [0.2, 0.25) is 0 Å². The van der Waals surface area contributed by atoms with Crippen LogP contribution < -0.4 is 14.2 Å². The molecule has 0 saturated carbocycles. The van der Waals surface area contributed by atoms with Gasteiger partial charge >= 0.3 is 6.18 Å². The third kappa shape index (κ3) is 11.7. The van der Waals surface area contributed by atoms with Crippen LogP contribution in [0.4, 0.5) is 13.2 Å². The average molecular weight is 691 g/mol. The lowest BCUT2D eigenvalue weighted by molar-refractivity contribution is -0.107. The lowest BCUT2D eigenvalue weighted by Crippen LogP contribution is -2.26. The van der Waals surface area contributed by atoms with Gasteiger partial charge in [-0.1, -0.05) is 0 Å². The van der Waals surface area contributed by atoms with Gasteiger partial charge in [0.1, 0.15) is 37.1 Å². The highest BCUT2D eigenvalue weighted by molar-refractivity contribution is 8.33. The molecule has 3 aromatic rings. The highest BCUT2D eigenvalue weighted by Gasteiger charge is 2.43. The summed E-state index contributed by atoms with van der Waals surface area (Å²) in [7, 11) is -8.49. The molecule has 0 bridgehead atoms. The van der Waals surface area contributed by atoms with Gasteiger partial charge in [-0.2, -0.15) is 21.6 Å². The predicted molar refractivity (Wildman–Crippen MR) is 169 cm³/mol. The Morgan fingerprint density at radius 3 is 1.09 bits per heavy atom. The van der Waals surface area contributed by atoms with Crippen LogP contribution in [0.2, 0.25) is 0 Å². The second-order valence-electron chi connectivity index (χ2n) is 9.49. The summed E-state index contributed by atoms with van der Waals surface area (Å²) < 4.78 is 106. The summed E-state index contributed by atoms with van der Waals surface area (Å²) in [6.45, 7) is 9.11. The molecule has 3 rings (SSSR count). The SMILES string of the molecule is CCOCCOc1ccc(S(OS(=O)(=O)CC(F)(F)F)(c2ccc(OCCOCC)cc2)c2ccc(OCCOCC)cc2)cc1. The smallest absolute Gasteiger partial charge is 0.405 e. The molecule has 0 atom stereocenters. The Bertz CT molecular complexity index is 1270. The quantitative estimate of drug-likeness (QED) is 0.109. The molecule has 0 unspecified atom stereocenters. The van der Waals surface area contributed by atoms with E-state index in [2.05, 4.69) is 0 Å². The van der Waals surface area contributed by atoms with Crippen molar-refractivity contribution in [3.05, 3.63) is 72.8 Å². The van der Waals surface area contributed by atoms with E-state index in [9.17, 15) is 21.6 Å². The highest BCUT2D eigenvalue weighted by atomic mass is 32.3. The highest BCUT2D eigenvalue weighted by Crippen LogP contribution is 2.70. The summed E-state index contributed by atoms with van der Waals surface area (Å²) in [6.07, 6.45) is -5.03. The Kier molecular flexibility index (Phi) is 14.9. The van der Waals surface area contributed by atoms with Crippen LogP contribution in [-0.2, 0) is 28.0 Å². The summed E-state index contributed by atoms with van der Waals surface area (Å²) in [5.74, 6) is -0.770. The standard InChI is InChI=1S/C32H41F3O9S2/c1-4-38-19-22-41-26-7-13-29(14-8-26)46(44-45(36,37)25-32(33,34)35,30-15-9-27(10-16-30)42-23-20-39-5-2)31-17-11-28(12-18-31)43-24-21-40-6-3/h7-18H,4-6,19-25H2,1-3H3. The van der Waals surface area contributed by atoms with Crippen molar-refractivity contribution in [2.75, 3.05) is 65.2 Å². The lowest BCUT2D eigenvalue weighted by Gasteiger charge is -2.39. The first-order valence-corrected chi connectivity index (χ1v) is 17.9. The lowest BCUT2D eigenvalue weighted by atomic mass is 10.3. The fourth-order valence-corrected chi connectivity index (χ4v) is 9.33. The largest absolute Gasteiger partial charge is 0.491 e. The van der Waals surface area contributed by atoms with Crippen LogP contribution in [0.25, 0.3) is 0 Å². The molecule has 0 aliphatic rings. The molecule has 0 saturated heterocycles. The fourth-order valence-electron chi connectivity index (χ4n) is 4.18. The van der Waals surface area contributed by atoms with Crippen molar-refractivity contribution in [3.63, 3.8) is 0 Å². The van der Waals surface area contributed by atoms with E-state index in [1.807, 2.05) is 20.8 Å². The zero-order chi connectivity index (χ0) is 33.5. The Labute approximate surface area is 270 Å². The second-order valence-corrected chi connectivity index (χ2v) is 14.0. The van der Waals surface area contributed by atoms with Crippen molar-refractivity contribution >= 4 is 20.4 Å². The molecule has 9 nitrogen and oxygen atoms in total. The maximum absolute atomic E-state index is 13.5. The number of alkyl halides is 3. The second kappa shape index (κ2) is 18.4. The molecular formula is C32H41F3O9S2. The van der Waals surface area contributed by atoms with Gasteiger partial charge in [-0.05, 0) is 104 Å². The van der Waals surface area contributed by atoms with E-state index in [-0.39, 0.29) is 19.8 Å². The van der Waals surface area contributed by atoms with Crippen molar-refractivity contribution in [1.82, 2.24) is 0 Å². The zero-order valence-corrected chi connectivity index (χ0v) is 27.8. The van der Waals surface area contributed by atoms with Gasteiger partial charge in [0, 0.05) is 34.5 Å². The van der Waals surface area contributed by atoms with E-state index in [0.717, 1.165) is 0 Å². The van der Waals surface area contributed by atoms with Crippen LogP contribution in [0.3, 0.4) is 0 Å². The van der Waals surface area contributed by atoms with Gasteiger partial charge in [-0.15, -0.1) is 0 Å². The first-order chi connectivity index (χ1) is 22.0. The van der Waals surface area contributed by atoms with Crippen LogP contribution in [0, 0.1) is 0 Å². The minimum Gasteiger partial charge on any atom is -0.491 e. The molecule has 0 N–H and O–H groups in total. The number of benzene rings is 3. The van der Waals surface area contributed by atoms with Crippen LogP contribution >= 0.6 is 10.3 Å².